The van der Waals surface area contributed by atoms with Crippen LogP contribution in [0.4, 0.5) is 0 Å². The van der Waals surface area contributed by atoms with E-state index in [1.165, 1.54) is 5.56 Å². The van der Waals surface area contributed by atoms with Crippen LogP contribution in [0.25, 0.3) is 0 Å². The first kappa shape index (κ1) is 19.8. The average Bonchev–Trinajstić information content (AvgIpc) is 3.44. The standard InChI is InChI=1S/C23H27N5O3/c1-2-26-13-19(25-15-26)8-24-22(29)20-3-4-21-18-7-17(11-28(21)23(20)30)10-27(12-18)9-16-5-6-31-14-16/h3-6,13-15,17-18H,2,7-12H2,1H3,(H,24,29)/t17-,18+/m0/s1. The molecule has 2 atom stereocenters. The highest BCUT2D eigenvalue weighted by atomic mass is 16.3. The van der Waals surface area contributed by atoms with Gasteiger partial charge in [0.05, 0.1) is 31.1 Å². The summed E-state index contributed by atoms with van der Waals surface area (Å²) in [4.78, 5) is 32.6. The van der Waals surface area contributed by atoms with Crippen LogP contribution in [0.3, 0.4) is 0 Å². The van der Waals surface area contributed by atoms with E-state index >= 15 is 0 Å². The second-order valence-electron chi connectivity index (χ2n) is 8.59. The van der Waals surface area contributed by atoms with Crippen LogP contribution >= 0.6 is 0 Å². The number of nitrogens with zero attached hydrogens (tertiary/aromatic N) is 4. The van der Waals surface area contributed by atoms with Gasteiger partial charge in [0.25, 0.3) is 11.5 Å². The normalized spacial score (nSPS) is 20.4. The molecule has 0 spiro atoms. The monoisotopic (exact) mass is 421 g/mol. The average molecular weight is 422 g/mol. The molecule has 3 aromatic heterocycles. The van der Waals surface area contributed by atoms with Gasteiger partial charge in [-0.3, -0.25) is 14.5 Å². The van der Waals surface area contributed by atoms with Gasteiger partial charge in [-0.15, -0.1) is 0 Å². The van der Waals surface area contributed by atoms with Crippen LogP contribution in [0.1, 0.15) is 46.6 Å². The molecule has 0 aromatic carbocycles. The molecule has 2 aliphatic rings. The first-order valence-electron chi connectivity index (χ1n) is 10.9. The second kappa shape index (κ2) is 8.19. The molecule has 8 heteroatoms. The van der Waals surface area contributed by atoms with Crippen molar-refractivity contribution in [3.63, 3.8) is 0 Å². The molecule has 3 aromatic rings. The van der Waals surface area contributed by atoms with E-state index in [1.807, 2.05) is 34.4 Å². The zero-order valence-corrected chi connectivity index (χ0v) is 17.7. The molecule has 162 valence electrons. The molecule has 8 nitrogen and oxygen atoms in total. The van der Waals surface area contributed by atoms with Crippen molar-refractivity contribution >= 4 is 5.91 Å². The lowest BCUT2D eigenvalue weighted by molar-refractivity contribution is 0.0943. The Morgan fingerprint density at radius 3 is 2.94 bits per heavy atom. The molecule has 31 heavy (non-hydrogen) atoms. The van der Waals surface area contributed by atoms with Gasteiger partial charge in [0.15, 0.2) is 0 Å². The van der Waals surface area contributed by atoms with Gasteiger partial charge in [0, 0.05) is 56.1 Å². The Labute approximate surface area is 180 Å². The number of fused-ring (bicyclic) bond motifs is 4. The number of imidazole rings is 1. The predicted octanol–water partition coefficient (Wildman–Crippen LogP) is 2.21. The summed E-state index contributed by atoms with van der Waals surface area (Å²) in [6.07, 6.45) is 8.23. The van der Waals surface area contributed by atoms with E-state index in [-0.39, 0.29) is 17.0 Å². The van der Waals surface area contributed by atoms with Crippen molar-refractivity contribution in [2.24, 2.45) is 5.92 Å². The summed E-state index contributed by atoms with van der Waals surface area (Å²) in [5.41, 5.74) is 3.01. The van der Waals surface area contributed by atoms with Gasteiger partial charge in [0.1, 0.15) is 5.56 Å². The van der Waals surface area contributed by atoms with Crippen molar-refractivity contribution in [1.29, 1.82) is 0 Å². The lowest BCUT2D eigenvalue weighted by Gasteiger charge is -2.42. The highest BCUT2D eigenvalue weighted by Crippen LogP contribution is 2.35. The Hall–Kier alpha value is -3.13. The Kier molecular flexibility index (Phi) is 5.23. The summed E-state index contributed by atoms with van der Waals surface area (Å²) in [6.45, 7) is 6.55. The number of carbonyl (C=O) groups is 1. The molecule has 1 saturated heterocycles. The number of hydrogen-bond donors (Lipinski definition) is 1. The highest BCUT2D eigenvalue weighted by molar-refractivity contribution is 5.93. The fourth-order valence-corrected chi connectivity index (χ4v) is 4.92. The SMILES string of the molecule is CCn1cnc(CNC(=O)c2ccc3n(c2=O)C[C@H]2C[C@@H]3CN(Cc3ccoc3)C2)c1. The van der Waals surface area contributed by atoms with Gasteiger partial charge < -0.3 is 18.9 Å². The number of furan rings is 1. The molecule has 2 aliphatic heterocycles. The Morgan fingerprint density at radius 2 is 2.16 bits per heavy atom. The number of carbonyl (C=O) groups excluding carboxylic acids is 1. The molecule has 1 fully saturated rings. The highest BCUT2D eigenvalue weighted by Gasteiger charge is 2.35. The first-order valence-corrected chi connectivity index (χ1v) is 10.9. The topological polar surface area (TPSA) is 85.3 Å². The van der Waals surface area contributed by atoms with E-state index in [9.17, 15) is 9.59 Å². The fourth-order valence-electron chi connectivity index (χ4n) is 4.92. The van der Waals surface area contributed by atoms with Gasteiger partial charge in [-0.1, -0.05) is 0 Å². The summed E-state index contributed by atoms with van der Waals surface area (Å²) in [5.74, 6) is 0.373. The molecule has 1 amide bonds. The molecule has 0 radical (unpaired) electrons. The maximum atomic E-state index is 13.1. The van der Waals surface area contributed by atoms with Crippen LogP contribution in [0.15, 0.2) is 52.5 Å². The summed E-state index contributed by atoms with van der Waals surface area (Å²) in [6, 6.07) is 5.65. The maximum absolute atomic E-state index is 13.1. The Balaban J connectivity index is 1.31. The van der Waals surface area contributed by atoms with Crippen LogP contribution < -0.4 is 10.9 Å². The van der Waals surface area contributed by atoms with E-state index in [0.717, 1.165) is 44.0 Å². The molecule has 5 heterocycles. The van der Waals surface area contributed by atoms with Crippen LogP contribution in [0.2, 0.25) is 0 Å². The van der Waals surface area contributed by atoms with Gasteiger partial charge in [-0.2, -0.15) is 0 Å². The summed E-state index contributed by atoms with van der Waals surface area (Å²) >= 11 is 0. The Morgan fingerprint density at radius 1 is 1.26 bits per heavy atom. The molecule has 2 bridgehead atoms. The van der Waals surface area contributed by atoms with Crippen LogP contribution in [0, 0.1) is 5.92 Å². The zero-order valence-electron chi connectivity index (χ0n) is 17.7. The van der Waals surface area contributed by atoms with Gasteiger partial charge in [-0.25, -0.2) is 4.98 Å². The van der Waals surface area contributed by atoms with E-state index in [0.29, 0.717) is 24.9 Å². The largest absolute Gasteiger partial charge is 0.472 e. The molecule has 0 unspecified atom stereocenters. The Bertz CT molecular complexity index is 1130. The summed E-state index contributed by atoms with van der Waals surface area (Å²) in [7, 11) is 0. The number of rotatable bonds is 6. The predicted molar refractivity (Wildman–Crippen MR) is 115 cm³/mol. The van der Waals surface area contributed by atoms with Crippen molar-refractivity contribution in [1.82, 2.24) is 24.3 Å². The molecule has 0 saturated carbocycles. The third-order valence-electron chi connectivity index (χ3n) is 6.39. The van der Waals surface area contributed by atoms with E-state index in [4.69, 9.17) is 4.42 Å². The number of piperidine rings is 1. The number of nitrogens with one attached hydrogen (secondary N) is 1. The summed E-state index contributed by atoms with van der Waals surface area (Å²) in [5, 5.41) is 2.84. The molecule has 1 N–H and O–H groups in total. The minimum atomic E-state index is -0.344. The van der Waals surface area contributed by atoms with Crippen molar-refractivity contribution in [3.05, 3.63) is 76.1 Å². The van der Waals surface area contributed by atoms with E-state index in [2.05, 4.69) is 15.2 Å². The summed E-state index contributed by atoms with van der Waals surface area (Å²) < 4.78 is 8.97. The third-order valence-corrected chi connectivity index (χ3v) is 6.39. The van der Waals surface area contributed by atoms with Crippen LogP contribution in [0.5, 0.6) is 0 Å². The van der Waals surface area contributed by atoms with Gasteiger partial charge >= 0.3 is 0 Å². The van der Waals surface area contributed by atoms with Gasteiger partial charge in [0.2, 0.25) is 0 Å². The van der Waals surface area contributed by atoms with Gasteiger partial charge in [-0.05, 0) is 37.5 Å². The number of amides is 1. The molecular weight excluding hydrogens is 394 g/mol. The molecule has 5 rings (SSSR count). The van der Waals surface area contributed by atoms with E-state index < -0.39 is 0 Å². The first-order chi connectivity index (χ1) is 15.1. The fraction of sp³-hybridized carbons (Fsp3) is 0.435. The number of pyridine rings is 1. The smallest absolute Gasteiger partial charge is 0.263 e. The van der Waals surface area contributed by atoms with Crippen molar-refractivity contribution in [2.75, 3.05) is 13.1 Å². The van der Waals surface area contributed by atoms with Crippen LogP contribution in [-0.4, -0.2) is 38.0 Å². The maximum Gasteiger partial charge on any atom is 0.263 e. The number of likely N-dealkylation sites (tertiary alicyclic amines) is 1. The third kappa shape index (κ3) is 3.95. The molecule has 0 aliphatic carbocycles. The van der Waals surface area contributed by atoms with Crippen molar-refractivity contribution in [2.45, 2.75) is 45.4 Å². The minimum absolute atomic E-state index is 0.188. The quantitative estimate of drug-likeness (QED) is 0.660. The minimum Gasteiger partial charge on any atom is -0.472 e. The lowest BCUT2D eigenvalue weighted by atomic mass is 9.83. The zero-order chi connectivity index (χ0) is 21.4. The lowest BCUT2D eigenvalue weighted by Crippen LogP contribution is -2.47. The van der Waals surface area contributed by atoms with E-state index in [1.54, 1.807) is 24.9 Å². The molecular formula is C23H27N5O3. The second-order valence-corrected chi connectivity index (χ2v) is 8.59. The number of hydrogen-bond acceptors (Lipinski definition) is 5. The van der Waals surface area contributed by atoms with Crippen LogP contribution in [-0.2, 0) is 26.2 Å². The number of aryl methyl sites for hydroxylation is 1. The van der Waals surface area contributed by atoms with Crippen molar-refractivity contribution < 1.29 is 9.21 Å². The van der Waals surface area contributed by atoms with Crippen molar-refractivity contribution in [3.8, 4) is 0 Å². The number of aromatic nitrogens is 3.